The number of nitrogens with one attached hydrogen (secondary N) is 2. The first-order chi connectivity index (χ1) is 13.1. The Kier molecular flexibility index (Phi) is 4.30. The number of H-pyrrole nitrogens is 1. The van der Waals surface area contributed by atoms with Gasteiger partial charge in [-0.05, 0) is 23.6 Å². The van der Waals surface area contributed by atoms with E-state index in [1.54, 1.807) is 24.3 Å². The van der Waals surface area contributed by atoms with E-state index in [0.29, 0.717) is 10.8 Å². The smallest absolute Gasteiger partial charge is 0.273 e. The number of rotatable bonds is 4. The van der Waals surface area contributed by atoms with Gasteiger partial charge < -0.3 is 5.32 Å². The third-order valence-electron chi connectivity index (χ3n) is 4.51. The summed E-state index contributed by atoms with van der Waals surface area (Å²) in [5, 5.41) is 8.09. The summed E-state index contributed by atoms with van der Waals surface area (Å²) in [5.74, 6) is -0.229. The average Bonchev–Trinajstić information content (AvgIpc) is 2.70. The average molecular weight is 359 g/mol. The number of aryl methyl sites for hydroxylation is 1. The van der Waals surface area contributed by atoms with Crippen LogP contribution in [-0.2, 0) is 11.3 Å². The Bertz CT molecular complexity index is 1270. The van der Waals surface area contributed by atoms with Gasteiger partial charge in [0.1, 0.15) is 0 Å². The minimum Gasteiger partial charge on any atom is -0.325 e. The number of anilines is 1. The van der Waals surface area contributed by atoms with E-state index in [1.807, 2.05) is 42.5 Å². The zero-order valence-corrected chi connectivity index (χ0v) is 14.4. The van der Waals surface area contributed by atoms with Crippen LogP contribution in [0.2, 0.25) is 0 Å². The van der Waals surface area contributed by atoms with Gasteiger partial charge in [0.05, 0.1) is 17.3 Å². The normalized spacial score (nSPS) is 11.0. The second-order valence-electron chi connectivity index (χ2n) is 6.27. The van der Waals surface area contributed by atoms with Crippen LogP contribution >= 0.6 is 0 Å². The number of fused-ring (bicyclic) bond motifs is 2. The van der Waals surface area contributed by atoms with Crippen LogP contribution in [0.4, 0.5) is 5.69 Å². The highest BCUT2D eigenvalue weighted by Gasteiger charge is 2.10. The number of hydrogen-bond acceptors (Lipinski definition) is 3. The fourth-order valence-electron chi connectivity index (χ4n) is 3.16. The molecular weight excluding hydrogens is 342 g/mol. The van der Waals surface area contributed by atoms with Crippen LogP contribution in [-0.4, -0.2) is 15.7 Å². The van der Waals surface area contributed by atoms with E-state index >= 15 is 0 Å². The number of aromatic amines is 1. The summed E-state index contributed by atoms with van der Waals surface area (Å²) in [7, 11) is 0. The van der Waals surface area contributed by atoms with Gasteiger partial charge in [-0.1, -0.05) is 48.5 Å². The highest BCUT2D eigenvalue weighted by molar-refractivity contribution is 6.02. The number of aromatic nitrogens is 2. The quantitative estimate of drug-likeness (QED) is 0.588. The molecule has 0 aliphatic heterocycles. The van der Waals surface area contributed by atoms with Crippen molar-refractivity contribution in [3.63, 3.8) is 0 Å². The maximum absolute atomic E-state index is 12.5. The Labute approximate surface area is 154 Å². The zero-order valence-electron chi connectivity index (χ0n) is 14.4. The summed E-state index contributed by atoms with van der Waals surface area (Å²) in [6.45, 7) is 0.0928. The molecular formula is C21H17N3O3. The summed E-state index contributed by atoms with van der Waals surface area (Å²) < 4.78 is 1.19. The molecule has 6 heteroatoms. The third kappa shape index (κ3) is 3.25. The first kappa shape index (κ1) is 16.8. The van der Waals surface area contributed by atoms with Crippen LogP contribution in [0.3, 0.4) is 0 Å². The number of hydrogen-bond donors (Lipinski definition) is 2. The van der Waals surface area contributed by atoms with E-state index in [-0.39, 0.29) is 30.0 Å². The number of carbonyl (C=O) groups excluding carboxylic acids is 1. The fourth-order valence-corrected chi connectivity index (χ4v) is 3.16. The molecule has 0 unspecified atom stereocenters. The van der Waals surface area contributed by atoms with Gasteiger partial charge in [0, 0.05) is 17.5 Å². The van der Waals surface area contributed by atoms with E-state index in [4.69, 9.17) is 0 Å². The SMILES string of the molecule is O=C(CCn1[nH]c(=O)c2ccccc2c1=O)Nc1cccc2ccccc12. The molecule has 134 valence electrons. The summed E-state index contributed by atoms with van der Waals surface area (Å²) in [4.78, 5) is 37.0. The summed E-state index contributed by atoms with van der Waals surface area (Å²) >= 11 is 0. The predicted molar refractivity (Wildman–Crippen MR) is 106 cm³/mol. The second kappa shape index (κ2) is 6.92. The van der Waals surface area contributed by atoms with Crippen molar-refractivity contribution in [3.05, 3.63) is 87.4 Å². The van der Waals surface area contributed by atoms with E-state index in [9.17, 15) is 14.4 Å². The lowest BCUT2D eigenvalue weighted by Crippen LogP contribution is -2.31. The van der Waals surface area contributed by atoms with E-state index in [1.165, 1.54) is 4.68 Å². The standard InChI is InChI=1S/C21H17N3O3/c25-19(22-18-11-5-7-14-6-1-2-8-15(14)18)12-13-24-21(27)17-10-4-3-9-16(17)20(26)23-24/h1-11H,12-13H2,(H,22,25)(H,23,26). The largest absolute Gasteiger partial charge is 0.325 e. The van der Waals surface area contributed by atoms with Gasteiger partial charge in [0.2, 0.25) is 5.91 Å². The van der Waals surface area contributed by atoms with Crippen LogP contribution < -0.4 is 16.4 Å². The van der Waals surface area contributed by atoms with Crippen molar-refractivity contribution in [2.75, 3.05) is 5.32 Å². The maximum atomic E-state index is 12.5. The molecule has 4 aromatic rings. The molecule has 0 radical (unpaired) electrons. The van der Waals surface area contributed by atoms with Gasteiger partial charge in [-0.15, -0.1) is 0 Å². The minimum absolute atomic E-state index is 0.0669. The van der Waals surface area contributed by atoms with E-state index in [0.717, 1.165) is 16.5 Å². The Hall–Kier alpha value is -3.67. The molecule has 0 fully saturated rings. The maximum Gasteiger partial charge on any atom is 0.273 e. The van der Waals surface area contributed by atoms with Crippen molar-refractivity contribution in [2.45, 2.75) is 13.0 Å². The van der Waals surface area contributed by atoms with Gasteiger partial charge in [-0.2, -0.15) is 0 Å². The van der Waals surface area contributed by atoms with E-state index in [2.05, 4.69) is 10.4 Å². The molecule has 1 aromatic heterocycles. The lowest BCUT2D eigenvalue weighted by Gasteiger charge is -2.10. The zero-order chi connectivity index (χ0) is 18.8. The second-order valence-corrected chi connectivity index (χ2v) is 6.27. The topological polar surface area (TPSA) is 84.0 Å². The predicted octanol–water partition coefficient (Wildman–Crippen LogP) is 2.87. The lowest BCUT2D eigenvalue weighted by atomic mass is 10.1. The first-order valence-electron chi connectivity index (χ1n) is 8.63. The van der Waals surface area contributed by atoms with Crippen molar-refractivity contribution >= 4 is 33.1 Å². The molecule has 0 bridgehead atoms. The molecule has 1 amide bonds. The molecule has 0 aliphatic rings. The Morgan fingerprint density at radius 2 is 1.52 bits per heavy atom. The lowest BCUT2D eigenvalue weighted by molar-refractivity contribution is -0.116. The summed E-state index contributed by atoms with van der Waals surface area (Å²) in [5.41, 5.74) is 0.0558. The Balaban J connectivity index is 1.55. The Morgan fingerprint density at radius 3 is 2.33 bits per heavy atom. The molecule has 4 rings (SSSR count). The number of benzene rings is 3. The Morgan fingerprint density at radius 1 is 0.852 bits per heavy atom. The van der Waals surface area contributed by atoms with Crippen LogP contribution in [0.15, 0.2) is 76.3 Å². The molecule has 3 aromatic carbocycles. The molecule has 0 saturated heterocycles. The molecule has 2 N–H and O–H groups in total. The minimum atomic E-state index is -0.348. The van der Waals surface area contributed by atoms with Crippen LogP contribution in [0.1, 0.15) is 6.42 Å². The molecule has 6 nitrogen and oxygen atoms in total. The highest BCUT2D eigenvalue weighted by Crippen LogP contribution is 2.22. The van der Waals surface area contributed by atoms with Crippen LogP contribution in [0.25, 0.3) is 21.5 Å². The number of nitrogens with zero attached hydrogens (tertiary/aromatic N) is 1. The first-order valence-corrected chi connectivity index (χ1v) is 8.63. The number of carbonyl (C=O) groups is 1. The third-order valence-corrected chi connectivity index (χ3v) is 4.51. The fraction of sp³-hybridized carbons (Fsp3) is 0.0952. The van der Waals surface area contributed by atoms with Crippen molar-refractivity contribution in [2.24, 2.45) is 0 Å². The highest BCUT2D eigenvalue weighted by atomic mass is 16.2. The van der Waals surface area contributed by atoms with E-state index < -0.39 is 0 Å². The van der Waals surface area contributed by atoms with Gasteiger partial charge in [-0.3, -0.25) is 19.5 Å². The van der Waals surface area contributed by atoms with Gasteiger partial charge in [-0.25, -0.2) is 4.68 Å². The number of amides is 1. The molecule has 27 heavy (non-hydrogen) atoms. The monoisotopic (exact) mass is 359 g/mol. The van der Waals surface area contributed by atoms with Gasteiger partial charge >= 0.3 is 0 Å². The van der Waals surface area contributed by atoms with Crippen molar-refractivity contribution in [3.8, 4) is 0 Å². The van der Waals surface area contributed by atoms with Gasteiger partial charge in [0.15, 0.2) is 0 Å². The molecule has 0 aliphatic carbocycles. The molecule has 0 saturated carbocycles. The summed E-state index contributed by atoms with van der Waals surface area (Å²) in [6.07, 6.45) is 0.0669. The van der Waals surface area contributed by atoms with Crippen molar-refractivity contribution in [1.82, 2.24) is 9.78 Å². The van der Waals surface area contributed by atoms with Crippen molar-refractivity contribution < 1.29 is 4.79 Å². The summed E-state index contributed by atoms with van der Waals surface area (Å²) in [6, 6.07) is 20.1. The van der Waals surface area contributed by atoms with Crippen LogP contribution in [0.5, 0.6) is 0 Å². The van der Waals surface area contributed by atoms with Gasteiger partial charge in [0.25, 0.3) is 11.1 Å². The molecule has 0 atom stereocenters. The molecule has 0 spiro atoms. The van der Waals surface area contributed by atoms with Crippen molar-refractivity contribution in [1.29, 1.82) is 0 Å². The molecule has 1 heterocycles. The van der Waals surface area contributed by atoms with Crippen LogP contribution in [0, 0.1) is 0 Å².